The van der Waals surface area contributed by atoms with E-state index in [1.807, 2.05) is 0 Å². The van der Waals surface area contributed by atoms with Crippen LogP contribution in [0.25, 0.3) is 0 Å². The Balaban J connectivity index is 1.93. The summed E-state index contributed by atoms with van der Waals surface area (Å²) in [4.78, 5) is 0. The van der Waals surface area contributed by atoms with Crippen LogP contribution in [0, 0.1) is 0 Å². The number of ether oxygens (including phenoxy) is 1. The van der Waals surface area contributed by atoms with Crippen molar-refractivity contribution in [2.45, 2.75) is 64.7 Å². The van der Waals surface area contributed by atoms with Crippen molar-refractivity contribution in [3.8, 4) is 0 Å². The Morgan fingerprint density at radius 1 is 0.950 bits per heavy atom. The van der Waals surface area contributed by atoms with Crippen LogP contribution in [0.15, 0.2) is 30.3 Å². The van der Waals surface area contributed by atoms with Crippen molar-refractivity contribution in [1.82, 2.24) is 0 Å². The Kier molecular flexibility index (Phi) is 10.2. The van der Waals surface area contributed by atoms with Crippen molar-refractivity contribution < 1.29 is 4.74 Å². The molecule has 0 unspecified atom stereocenters. The topological polar surface area (TPSA) is 9.23 Å². The van der Waals surface area contributed by atoms with Gasteiger partial charge in [0.2, 0.25) is 0 Å². The summed E-state index contributed by atoms with van der Waals surface area (Å²) in [6, 6.07) is 10.6. The Morgan fingerprint density at radius 3 is 2.40 bits per heavy atom. The normalized spacial score (nSPS) is 10.4. The SMILES string of the molecule is CCCCCCCCOC(=S)CCCc1ccccc1. The first-order valence-corrected chi connectivity index (χ1v) is 8.43. The van der Waals surface area contributed by atoms with Gasteiger partial charge in [-0.05, 0) is 37.0 Å². The minimum absolute atomic E-state index is 0.787. The average Bonchev–Trinajstić information content (AvgIpc) is 2.47. The smallest absolute Gasteiger partial charge is 0.159 e. The lowest BCUT2D eigenvalue weighted by Crippen LogP contribution is -2.04. The maximum Gasteiger partial charge on any atom is 0.159 e. The van der Waals surface area contributed by atoms with Gasteiger partial charge in [0.05, 0.1) is 6.61 Å². The second kappa shape index (κ2) is 11.9. The van der Waals surface area contributed by atoms with Gasteiger partial charge in [0.15, 0.2) is 5.05 Å². The fourth-order valence-corrected chi connectivity index (χ4v) is 2.45. The first kappa shape index (κ1) is 17.2. The Bertz CT molecular complexity index is 348. The summed E-state index contributed by atoms with van der Waals surface area (Å²) >= 11 is 5.27. The van der Waals surface area contributed by atoms with E-state index in [1.54, 1.807) is 0 Å². The molecule has 0 aliphatic heterocycles. The van der Waals surface area contributed by atoms with Crippen molar-refractivity contribution in [1.29, 1.82) is 0 Å². The predicted molar refractivity (Wildman–Crippen MR) is 91.3 cm³/mol. The first-order valence-electron chi connectivity index (χ1n) is 8.02. The number of unbranched alkanes of at least 4 members (excludes halogenated alkanes) is 5. The zero-order valence-electron chi connectivity index (χ0n) is 12.8. The van der Waals surface area contributed by atoms with Gasteiger partial charge < -0.3 is 4.74 Å². The summed E-state index contributed by atoms with van der Waals surface area (Å²) in [5.74, 6) is 0. The Hall–Kier alpha value is -0.890. The molecule has 1 rings (SSSR count). The van der Waals surface area contributed by atoms with Gasteiger partial charge in [0.1, 0.15) is 0 Å². The van der Waals surface area contributed by atoms with Crippen molar-refractivity contribution in [2.24, 2.45) is 0 Å². The fraction of sp³-hybridized carbons (Fsp3) is 0.611. The van der Waals surface area contributed by atoms with Crippen LogP contribution in [0.5, 0.6) is 0 Å². The fourth-order valence-electron chi connectivity index (χ4n) is 2.22. The van der Waals surface area contributed by atoms with Gasteiger partial charge >= 0.3 is 0 Å². The number of rotatable bonds is 11. The number of thiocarbonyl (C=S) groups is 1. The third-order valence-electron chi connectivity index (χ3n) is 3.45. The third-order valence-corrected chi connectivity index (χ3v) is 3.77. The van der Waals surface area contributed by atoms with E-state index in [0.717, 1.165) is 37.3 Å². The van der Waals surface area contributed by atoms with E-state index in [1.165, 1.54) is 37.7 Å². The lowest BCUT2D eigenvalue weighted by molar-refractivity contribution is 0.291. The highest BCUT2D eigenvalue weighted by molar-refractivity contribution is 7.80. The van der Waals surface area contributed by atoms with Gasteiger partial charge in [-0.15, -0.1) is 0 Å². The molecule has 0 radical (unpaired) electrons. The zero-order chi connectivity index (χ0) is 14.5. The largest absolute Gasteiger partial charge is 0.487 e. The van der Waals surface area contributed by atoms with E-state index in [0.29, 0.717) is 0 Å². The van der Waals surface area contributed by atoms with E-state index >= 15 is 0 Å². The average molecular weight is 292 g/mol. The van der Waals surface area contributed by atoms with Crippen LogP contribution >= 0.6 is 12.2 Å². The summed E-state index contributed by atoms with van der Waals surface area (Å²) in [6.45, 7) is 3.05. The molecule has 0 saturated carbocycles. The van der Waals surface area contributed by atoms with Gasteiger partial charge in [0, 0.05) is 6.42 Å². The van der Waals surface area contributed by atoms with E-state index in [-0.39, 0.29) is 0 Å². The highest BCUT2D eigenvalue weighted by Gasteiger charge is 1.99. The molecular weight excluding hydrogens is 264 g/mol. The molecule has 112 valence electrons. The first-order chi connectivity index (χ1) is 9.83. The lowest BCUT2D eigenvalue weighted by Gasteiger charge is -2.07. The van der Waals surface area contributed by atoms with Crippen LogP contribution in [-0.2, 0) is 11.2 Å². The molecule has 1 nitrogen and oxygen atoms in total. The standard InChI is InChI=1S/C18H28OS/c1-2-3-4-5-6-10-16-19-18(20)15-11-14-17-12-8-7-9-13-17/h7-9,12-13H,2-6,10-11,14-16H2,1H3. The molecule has 0 saturated heterocycles. The van der Waals surface area contributed by atoms with Gasteiger partial charge in [0.25, 0.3) is 0 Å². The number of hydrogen-bond donors (Lipinski definition) is 0. The molecule has 0 bridgehead atoms. The van der Waals surface area contributed by atoms with E-state index in [4.69, 9.17) is 17.0 Å². The van der Waals surface area contributed by atoms with Crippen LogP contribution in [-0.4, -0.2) is 11.7 Å². The molecule has 0 fully saturated rings. The second-order valence-electron chi connectivity index (χ2n) is 5.33. The molecule has 1 aromatic carbocycles. The van der Waals surface area contributed by atoms with E-state index in [9.17, 15) is 0 Å². The van der Waals surface area contributed by atoms with Crippen molar-refractivity contribution >= 4 is 17.3 Å². The molecule has 0 amide bonds. The molecule has 0 N–H and O–H groups in total. The zero-order valence-corrected chi connectivity index (χ0v) is 13.6. The van der Waals surface area contributed by atoms with E-state index in [2.05, 4.69) is 37.3 Å². The summed E-state index contributed by atoms with van der Waals surface area (Å²) in [7, 11) is 0. The molecule has 20 heavy (non-hydrogen) atoms. The van der Waals surface area contributed by atoms with Crippen LogP contribution < -0.4 is 0 Å². The maximum absolute atomic E-state index is 5.62. The minimum atomic E-state index is 0.787. The molecule has 0 aliphatic rings. The highest BCUT2D eigenvalue weighted by Crippen LogP contribution is 2.08. The molecule has 0 aliphatic carbocycles. The molecule has 0 aromatic heterocycles. The Morgan fingerprint density at radius 2 is 1.65 bits per heavy atom. The molecule has 0 heterocycles. The van der Waals surface area contributed by atoms with Gasteiger partial charge in [-0.2, -0.15) is 0 Å². The Labute approximate surface area is 129 Å². The van der Waals surface area contributed by atoms with Crippen LogP contribution in [0.3, 0.4) is 0 Å². The summed E-state index contributed by atoms with van der Waals surface area (Å²) < 4.78 is 5.62. The minimum Gasteiger partial charge on any atom is -0.487 e. The maximum atomic E-state index is 5.62. The lowest BCUT2D eigenvalue weighted by atomic mass is 10.1. The van der Waals surface area contributed by atoms with Crippen molar-refractivity contribution in [3.63, 3.8) is 0 Å². The van der Waals surface area contributed by atoms with Crippen LogP contribution in [0.2, 0.25) is 0 Å². The van der Waals surface area contributed by atoms with Gasteiger partial charge in [-0.1, -0.05) is 69.4 Å². The predicted octanol–water partition coefficient (Wildman–Crippen LogP) is 5.71. The van der Waals surface area contributed by atoms with Crippen molar-refractivity contribution in [3.05, 3.63) is 35.9 Å². The van der Waals surface area contributed by atoms with Gasteiger partial charge in [-0.25, -0.2) is 0 Å². The molecule has 0 spiro atoms. The molecular formula is C18H28OS. The van der Waals surface area contributed by atoms with Crippen molar-refractivity contribution in [2.75, 3.05) is 6.61 Å². The monoisotopic (exact) mass is 292 g/mol. The quantitative estimate of drug-likeness (QED) is 0.381. The van der Waals surface area contributed by atoms with Gasteiger partial charge in [-0.3, -0.25) is 0 Å². The second-order valence-corrected chi connectivity index (χ2v) is 5.78. The van der Waals surface area contributed by atoms with Crippen LogP contribution in [0.1, 0.15) is 63.9 Å². The summed E-state index contributed by atoms with van der Waals surface area (Å²) in [6.07, 6.45) is 10.8. The summed E-state index contributed by atoms with van der Waals surface area (Å²) in [5.41, 5.74) is 1.38. The summed E-state index contributed by atoms with van der Waals surface area (Å²) in [5, 5.41) is 0.787. The van der Waals surface area contributed by atoms with Crippen LogP contribution in [0.4, 0.5) is 0 Å². The number of benzene rings is 1. The molecule has 2 heteroatoms. The highest BCUT2D eigenvalue weighted by atomic mass is 32.1. The third kappa shape index (κ3) is 9.08. The molecule has 0 atom stereocenters. The number of aryl methyl sites for hydroxylation is 1. The molecule has 1 aromatic rings. The number of hydrogen-bond acceptors (Lipinski definition) is 2. The van der Waals surface area contributed by atoms with E-state index < -0.39 is 0 Å².